The molecule has 0 spiro atoms. The van der Waals surface area contributed by atoms with Gasteiger partial charge in [0.25, 0.3) is 0 Å². The molecule has 0 radical (unpaired) electrons. The lowest BCUT2D eigenvalue weighted by atomic mass is 10.1. The van der Waals surface area contributed by atoms with E-state index < -0.39 is 0 Å². The summed E-state index contributed by atoms with van der Waals surface area (Å²) in [5.74, 6) is 0.139. The van der Waals surface area contributed by atoms with E-state index >= 15 is 0 Å². The number of carbonyl (C=O) groups is 1. The number of benzene rings is 1. The van der Waals surface area contributed by atoms with Crippen molar-refractivity contribution >= 4 is 17.4 Å². The van der Waals surface area contributed by atoms with Crippen LogP contribution in [0.1, 0.15) is 18.1 Å². The molecule has 76 valence electrons. The average Bonchev–Trinajstić information content (AvgIpc) is 2.09. The van der Waals surface area contributed by atoms with Crippen LogP contribution < -0.4 is 0 Å². The Kier molecular flexibility index (Phi) is 4.11. The Morgan fingerprint density at radius 3 is 2.71 bits per heavy atom. The van der Waals surface area contributed by atoms with Gasteiger partial charge >= 0.3 is 0 Å². The van der Waals surface area contributed by atoms with Crippen molar-refractivity contribution < 1.29 is 9.53 Å². The number of Topliss-reactive ketones (excluding diaryl/α,β-unsaturated/α-hetero) is 1. The molecule has 0 bridgehead atoms. The fourth-order valence-electron chi connectivity index (χ4n) is 1.26. The van der Waals surface area contributed by atoms with Crippen molar-refractivity contribution in [2.24, 2.45) is 0 Å². The van der Waals surface area contributed by atoms with E-state index in [4.69, 9.17) is 16.3 Å². The van der Waals surface area contributed by atoms with Crippen molar-refractivity contribution in [2.45, 2.75) is 20.0 Å². The van der Waals surface area contributed by atoms with Gasteiger partial charge in [0, 0.05) is 18.6 Å². The minimum Gasteiger partial charge on any atom is -0.380 e. The molecule has 14 heavy (non-hydrogen) atoms. The maximum absolute atomic E-state index is 10.9. The molecular weight excluding hydrogens is 200 g/mol. The number of hydrogen-bond donors (Lipinski definition) is 0. The van der Waals surface area contributed by atoms with E-state index in [0.29, 0.717) is 18.1 Å². The highest BCUT2D eigenvalue weighted by Gasteiger charge is 2.03. The van der Waals surface area contributed by atoms with Gasteiger partial charge in [0.15, 0.2) is 0 Å². The lowest BCUT2D eigenvalue weighted by Crippen LogP contribution is -1.97. The van der Waals surface area contributed by atoms with Crippen LogP contribution in [0.4, 0.5) is 0 Å². The summed E-state index contributed by atoms with van der Waals surface area (Å²) in [7, 11) is 1.62. The molecule has 0 aliphatic carbocycles. The number of halogens is 1. The number of rotatable bonds is 4. The summed E-state index contributed by atoms with van der Waals surface area (Å²) in [6.07, 6.45) is 0.437. The summed E-state index contributed by atoms with van der Waals surface area (Å²) in [6.45, 7) is 2.07. The van der Waals surface area contributed by atoms with Gasteiger partial charge in [-0.3, -0.25) is 4.79 Å². The van der Waals surface area contributed by atoms with Crippen LogP contribution >= 0.6 is 11.6 Å². The van der Waals surface area contributed by atoms with Gasteiger partial charge in [-0.15, -0.1) is 0 Å². The minimum atomic E-state index is 0.139. The maximum atomic E-state index is 10.9. The van der Waals surface area contributed by atoms with Crippen LogP contribution in [0.2, 0.25) is 5.02 Å². The van der Waals surface area contributed by atoms with Gasteiger partial charge in [-0.1, -0.05) is 23.7 Å². The van der Waals surface area contributed by atoms with Crippen LogP contribution in [0.15, 0.2) is 18.2 Å². The van der Waals surface area contributed by atoms with Gasteiger partial charge in [0.2, 0.25) is 0 Å². The summed E-state index contributed by atoms with van der Waals surface area (Å²) in [5.41, 5.74) is 1.89. The summed E-state index contributed by atoms with van der Waals surface area (Å²) < 4.78 is 4.98. The first-order valence-corrected chi connectivity index (χ1v) is 4.77. The van der Waals surface area contributed by atoms with E-state index in [1.807, 2.05) is 18.2 Å². The molecule has 0 unspecified atom stereocenters. The second-order valence-electron chi connectivity index (χ2n) is 3.24. The normalized spacial score (nSPS) is 10.2. The zero-order valence-corrected chi connectivity index (χ0v) is 9.10. The van der Waals surface area contributed by atoms with Crippen LogP contribution in [0.3, 0.4) is 0 Å². The molecule has 3 heteroatoms. The molecule has 0 aliphatic rings. The third-order valence-electron chi connectivity index (χ3n) is 1.87. The molecular formula is C11H13ClO2. The second kappa shape index (κ2) is 5.13. The number of hydrogen-bond acceptors (Lipinski definition) is 2. The van der Waals surface area contributed by atoms with Crippen molar-refractivity contribution in [1.29, 1.82) is 0 Å². The van der Waals surface area contributed by atoms with Crippen LogP contribution in [0.25, 0.3) is 0 Å². The molecule has 0 amide bonds. The second-order valence-corrected chi connectivity index (χ2v) is 3.64. The van der Waals surface area contributed by atoms with Gasteiger partial charge in [-0.05, 0) is 24.1 Å². The van der Waals surface area contributed by atoms with Gasteiger partial charge in [0.1, 0.15) is 5.78 Å². The minimum absolute atomic E-state index is 0.139. The van der Waals surface area contributed by atoms with Crippen molar-refractivity contribution in [3.8, 4) is 0 Å². The monoisotopic (exact) mass is 212 g/mol. The Balaban J connectivity index is 2.83. The number of methoxy groups -OCH3 is 1. The SMILES string of the molecule is COCc1ccc(CC(C)=O)cc1Cl. The number of ether oxygens (including phenoxy) is 1. The predicted octanol–water partition coefficient (Wildman–Crippen LogP) is 2.62. The Bertz CT molecular complexity index is 334. The van der Waals surface area contributed by atoms with Crippen LogP contribution in [0.5, 0.6) is 0 Å². The smallest absolute Gasteiger partial charge is 0.134 e. The summed E-state index contributed by atoms with van der Waals surface area (Å²) >= 11 is 6.00. The number of ketones is 1. The predicted molar refractivity (Wildman–Crippen MR) is 56.6 cm³/mol. The van der Waals surface area contributed by atoms with Crippen LogP contribution in [-0.4, -0.2) is 12.9 Å². The molecule has 0 saturated carbocycles. The Morgan fingerprint density at radius 1 is 1.50 bits per heavy atom. The topological polar surface area (TPSA) is 26.3 Å². The summed E-state index contributed by atoms with van der Waals surface area (Å²) in [4.78, 5) is 10.9. The summed E-state index contributed by atoms with van der Waals surface area (Å²) in [5, 5.41) is 0.658. The third kappa shape index (κ3) is 3.13. The molecule has 1 rings (SSSR count). The quantitative estimate of drug-likeness (QED) is 0.767. The Morgan fingerprint density at radius 2 is 2.21 bits per heavy atom. The molecule has 1 aromatic rings. The van der Waals surface area contributed by atoms with Gasteiger partial charge < -0.3 is 4.74 Å². The van der Waals surface area contributed by atoms with Crippen molar-refractivity contribution in [3.63, 3.8) is 0 Å². The largest absolute Gasteiger partial charge is 0.380 e. The van der Waals surface area contributed by atoms with E-state index in [-0.39, 0.29) is 5.78 Å². The fraction of sp³-hybridized carbons (Fsp3) is 0.364. The molecule has 2 nitrogen and oxygen atoms in total. The zero-order chi connectivity index (χ0) is 10.6. The zero-order valence-electron chi connectivity index (χ0n) is 8.34. The first-order valence-electron chi connectivity index (χ1n) is 4.39. The molecule has 0 atom stereocenters. The van der Waals surface area contributed by atoms with Crippen LogP contribution in [0, 0.1) is 0 Å². The van der Waals surface area contributed by atoms with Gasteiger partial charge in [-0.25, -0.2) is 0 Å². The van der Waals surface area contributed by atoms with Gasteiger partial charge in [0.05, 0.1) is 6.61 Å². The molecule has 1 aromatic carbocycles. The lowest BCUT2D eigenvalue weighted by Gasteiger charge is -2.05. The standard InChI is InChI=1S/C11H13ClO2/c1-8(13)5-9-3-4-10(7-14-2)11(12)6-9/h3-4,6H,5,7H2,1-2H3. The molecule has 0 heterocycles. The number of carbonyl (C=O) groups excluding carboxylic acids is 1. The Labute approximate surface area is 88.8 Å². The van der Waals surface area contributed by atoms with Gasteiger partial charge in [-0.2, -0.15) is 0 Å². The van der Waals surface area contributed by atoms with E-state index in [1.54, 1.807) is 14.0 Å². The average molecular weight is 213 g/mol. The highest BCUT2D eigenvalue weighted by molar-refractivity contribution is 6.31. The molecule has 0 fully saturated rings. The van der Waals surface area contributed by atoms with Crippen LogP contribution in [-0.2, 0) is 22.6 Å². The lowest BCUT2D eigenvalue weighted by molar-refractivity contribution is -0.116. The first kappa shape index (κ1) is 11.2. The summed E-state index contributed by atoms with van der Waals surface area (Å²) in [6, 6.07) is 5.61. The third-order valence-corrected chi connectivity index (χ3v) is 2.22. The van der Waals surface area contributed by atoms with E-state index in [1.165, 1.54) is 0 Å². The van der Waals surface area contributed by atoms with Crippen molar-refractivity contribution in [3.05, 3.63) is 34.3 Å². The maximum Gasteiger partial charge on any atom is 0.134 e. The van der Waals surface area contributed by atoms with E-state index in [9.17, 15) is 4.79 Å². The van der Waals surface area contributed by atoms with E-state index in [0.717, 1.165) is 11.1 Å². The highest BCUT2D eigenvalue weighted by atomic mass is 35.5. The molecule has 0 N–H and O–H groups in total. The Hall–Kier alpha value is -0.860. The molecule has 0 saturated heterocycles. The first-order chi connectivity index (χ1) is 6.63. The molecule has 0 aliphatic heterocycles. The van der Waals surface area contributed by atoms with E-state index in [2.05, 4.69) is 0 Å². The molecule has 0 aromatic heterocycles. The van der Waals surface area contributed by atoms with Crippen molar-refractivity contribution in [2.75, 3.05) is 7.11 Å². The fourth-order valence-corrected chi connectivity index (χ4v) is 1.52. The van der Waals surface area contributed by atoms with Crippen molar-refractivity contribution in [1.82, 2.24) is 0 Å². The highest BCUT2D eigenvalue weighted by Crippen LogP contribution is 2.19.